The second-order valence-electron chi connectivity index (χ2n) is 2.82. The van der Waals surface area contributed by atoms with Crippen LogP contribution in [-0.2, 0) is 0 Å². The SMILES string of the molecule is Cc1cc(C)cc(N(C)I)c1. The Kier molecular flexibility index (Phi) is 2.76. The van der Waals surface area contributed by atoms with E-state index in [1.165, 1.54) is 16.8 Å². The summed E-state index contributed by atoms with van der Waals surface area (Å²) >= 11 is 2.27. The van der Waals surface area contributed by atoms with Crippen molar-refractivity contribution in [3.8, 4) is 0 Å². The second-order valence-corrected chi connectivity index (χ2v) is 4.27. The van der Waals surface area contributed by atoms with E-state index < -0.39 is 0 Å². The average molecular weight is 261 g/mol. The minimum absolute atomic E-state index is 1.27. The van der Waals surface area contributed by atoms with E-state index in [1.807, 2.05) is 0 Å². The highest BCUT2D eigenvalue weighted by atomic mass is 127. The first-order chi connectivity index (χ1) is 5.09. The number of aryl methyl sites for hydroxylation is 2. The van der Waals surface area contributed by atoms with Gasteiger partial charge in [0.25, 0.3) is 0 Å². The Hall–Kier alpha value is -0.250. The van der Waals surface area contributed by atoms with Crippen molar-refractivity contribution in [2.24, 2.45) is 0 Å². The van der Waals surface area contributed by atoms with Crippen molar-refractivity contribution in [3.05, 3.63) is 29.3 Å². The third kappa shape index (κ3) is 2.36. The Balaban J connectivity index is 3.08. The fraction of sp³-hybridized carbons (Fsp3) is 0.333. The molecule has 0 fully saturated rings. The first-order valence-electron chi connectivity index (χ1n) is 3.57. The van der Waals surface area contributed by atoms with E-state index in [0.29, 0.717) is 0 Å². The quantitative estimate of drug-likeness (QED) is 0.554. The van der Waals surface area contributed by atoms with E-state index in [-0.39, 0.29) is 0 Å². The van der Waals surface area contributed by atoms with Crippen LogP contribution in [0.2, 0.25) is 0 Å². The van der Waals surface area contributed by atoms with Gasteiger partial charge in [0.15, 0.2) is 0 Å². The van der Waals surface area contributed by atoms with Gasteiger partial charge < -0.3 is 3.11 Å². The second kappa shape index (κ2) is 3.43. The number of hydrogen-bond donors (Lipinski definition) is 0. The Morgan fingerprint density at radius 3 is 1.91 bits per heavy atom. The molecule has 0 aromatic heterocycles. The van der Waals surface area contributed by atoms with Crippen LogP contribution in [0.4, 0.5) is 5.69 Å². The number of benzene rings is 1. The highest BCUT2D eigenvalue weighted by molar-refractivity contribution is 14.1. The summed E-state index contributed by atoms with van der Waals surface area (Å²) in [5.74, 6) is 0. The van der Waals surface area contributed by atoms with Crippen LogP contribution in [0, 0.1) is 13.8 Å². The normalized spacial score (nSPS) is 9.82. The molecular formula is C9H12IN. The van der Waals surface area contributed by atoms with E-state index >= 15 is 0 Å². The van der Waals surface area contributed by atoms with Gasteiger partial charge in [-0.25, -0.2) is 0 Å². The van der Waals surface area contributed by atoms with E-state index in [4.69, 9.17) is 0 Å². The van der Waals surface area contributed by atoms with Gasteiger partial charge in [-0.3, -0.25) is 0 Å². The number of halogens is 1. The third-order valence-electron chi connectivity index (χ3n) is 1.56. The Labute approximate surface area is 81.9 Å². The third-order valence-corrected chi connectivity index (χ3v) is 2.12. The molecule has 0 heterocycles. The fourth-order valence-corrected chi connectivity index (χ4v) is 1.41. The zero-order chi connectivity index (χ0) is 8.43. The van der Waals surface area contributed by atoms with Crippen LogP contribution in [0.5, 0.6) is 0 Å². The Bertz CT molecular complexity index is 235. The maximum Gasteiger partial charge on any atom is 0.0588 e. The molecule has 2 heteroatoms. The molecule has 1 nitrogen and oxygen atoms in total. The van der Waals surface area contributed by atoms with Crippen molar-refractivity contribution < 1.29 is 0 Å². The van der Waals surface area contributed by atoms with Crippen molar-refractivity contribution in [3.63, 3.8) is 0 Å². The van der Waals surface area contributed by atoms with E-state index in [0.717, 1.165) is 0 Å². The lowest BCUT2D eigenvalue weighted by Crippen LogP contribution is -1.99. The van der Waals surface area contributed by atoms with E-state index in [1.54, 1.807) is 0 Å². The lowest BCUT2D eigenvalue weighted by Gasteiger charge is -2.11. The molecule has 0 N–H and O–H groups in total. The number of rotatable bonds is 1. The largest absolute Gasteiger partial charge is 0.318 e. The monoisotopic (exact) mass is 261 g/mol. The molecule has 0 bridgehead atoms. The molecule has 60 valence electrons. The Morgan fingerprint density at radius 1 is 1.09 bits per heavy atom. The molecule has 11 heavy (non-hydrogen) atoms. The van der Waals surface area contributed by atoms with Gasteiger partial charge in [-0.15, -0.1) is 0 Å². The molecule has 0 atom stereocenters. The first kappa shape index (κ1) is 8.84. The average Bonchev–Trinajstić information content (AvgIpc) is 1.85. The Morgan fingerprint density at radius 2 is 1.55 bits per heavy atom. The van der Waals surface area contributed by atoms with Crippen molar-refractivity contribution in [2.75, 3.05) is 10.2 Å². The molecule has 0 spiro atoms. The number of anilines is 1. The standard InChI is InChI=1S/C9H12IN/c1-7-4-8(2)6-9(5-7)11(3)10/h4-6H,1-3H3. The van der Waals surface area contributed by atoms with Crippen molar-refractivity contribution in [2.45, 2.75) is 13.8 Å². The molecule has 1 aromatic rings. The van der Waals surface area contributed by atoms with Crippen LogP contribution >= 0.6 is 22.9 Å². The molecule has 1 aromatic carbocycles. The van der Waals surface area contributed by atoms with Crippen LogP contribution in [0.25, 0.3) is 0 Å². The molecule has 1 rings (SSSR count). The van der Waals surface area contributed by atoms with Crippen LogP contribution < -0.4 is 3.11 Å². The predicted molar refractivity (Wildman–Crippen MR) is 58.3 cm³/mol. The molecule has 0 saturated heterocycles. The van der Waals surface area contributed by atoms with Gasteiger partial charge in [-0.2, -0.15) is 0 Å². The number of hydrogen-bond acceptors (Lipinski definition) is 1. The molecule has 0 unspecified atom stereocenters. The minimum Gasteiger partial charge on any atom is -0.318 e. The van der Waals surface area contributed by atoms with Crippen LogP contribution in [0.1, 0.15) is 11.1 Å². The lowest BCUT2D eigenvalue weighted by molar-refractivity contribution is 1.33. The van der Waals surface area contributed by atoms with Gasteiger partial charge in [0.05, 0.1) is 22.9 Å². The summed E-state index contributed by atoms with van der Waals surface area (Å²) in [6.45, 7) is 4.24. The zero-order valence-corrected chi connectivity index (χ0v) is 9.21. The summed E-state index contributed by atoms with van der Waals surface area (Å²) in [4.78, 5) is 0. The van der Waals surface area contributed by atoms with Crippen LogP contribution in [0.15, 0.2) is 18.2 Å². The zero-order valence-electron chi connectivity index (χ0n) is 7.06. The minimum atomic E-state index is 1.27. The summed E-state index contributed by atoms with van der Waals surface area (Å²) in [6.07, 6.45) is 0. The van der Waals surface area contributed by atoms with E-state index in [2.05, 4.69) is 65.1 Å². The van der Waals surface area contributed by atoms with Crippen LogP contribution in [-0.4, -0.2) is 7.05 Å². The molecule has 0 saturated carbocycles. The molecule has 0 aliphatic rings. The smallest absolute Gasteiger partial charge is 0.0588 e. The van der Waals surface area contributed by atoms with Gasteiger partial charge in [-0.1, -0.05) is 6.07 Å². The van der Waals surface area contributed by atoms with Crippen molar-refractivity contribution in [1.29, 1.82) is 0 Å². The summed E-state index contributed by atoms with van der Waals surface area (Å²) < 4.78 is 2.09. The molecule has 0 amide bonds. The lowest BCUT2D eigenvalue weighted by atomic mass is 10.1. The summed E-state index contributed by atoms with van der Waals surface area (Å²) in [6, 6.07) is 6.54. The van der Waals surface area contributed by atoms with Crippen molar-refractivity contribution >= 4 is 28.6 Å². The van der Waals surface area contributed by atoms with Crippen molar-refractivity contribution in [1.82, 2.24) is 0 Å². The topological polar surface area (TPSA) is 3.24 Å². The van der Waals surface area contributed by atoms with Gasteiger partial charge in [-0.05, 0) is 37.1 Å². The van der Waals surface area contributed by atoms with Gasteiger partial charge >= 0.3 is 0 Å². The highest BCUT2D eigenvalue weighted by Crippen LogP contribution is 2.19. The van der Waals surface area contributed by atoms with Crippen LogP contribution in [0.3, 0.4) is 0 Å². The number of nitrogens with zero attached hydrogens (tertiary/aromatic N) is 1. The van der Waals surface area contributed by atoms with Gasteiger partial charge in [0.1, 0.15) is 0 Å². The first-order valence-corrected chi connectivity index (χ1v) is 4.54. The molecular weight excluding hydrogens is 249 g/mol. The predicted octanol–water partition coefficient (Wildman–Crippen LogP) is 3.09. The summed E-state index contributed by atoms with van der Waals surface area (Å²) in [5, 5.41) is 0. The maximum absolute atomic E-state index is 2.27. The fourth-order valence-electron chi connectivity index (χ4n) is 1.13. The molecule has 0 aliphatic carbocycles. The summed E-state index contributed by atoms with van der Waals surface area (Å²) in [5.41, 5.74) is 3.91. The highest BCUT2D eigenvalue weighted by Gasteiger charge is 1.97. The van der Waals surface area contributed by atoms with Gasteiger partial charge in [0.2, 0.25) is 0 Å². The van der Waals surface area contributed by atoms with E-state index in [9.17, 15) is 0 Å². The van der Waals surface area contributed by atoms with Gasteiger partial charge in [0, 0.05) is 12.7 Å². The molecule has 0 aliphatic heterocycles. The molecule has 0 radical (unpaired) electrons. The summed E-state index contributed by atoms with van der Waals surface area (Å²) in [7, 11) is 2.05. The maximum atomic E-state index is 2.27.